The molecule has 0 unspecified atom stereocenters. The maximum Gasteiger partial charge on any atom is 1.00 e. The van der Waals surface area contributed by atoms with Crippen molar-refractivity contribution in [3.8, 4) is 0 Å². The van der Waals surface area contributed by atoms with Gasteiger partial charge in [0.05, 0.1) is 4.90 Å². The van der Waals surface area contributed by atoms with Crippen LogP contribution in [0.5, 0.6) is 0 Å². The Kier molecular flexibility index (Phi) is 9.67. The summed E-state index contributed by atoms with van der Waals surface area (Å²) in [5.41, 5.74) is 0.682. The molecular weight excluding hydrogens is 347 g/mol. The molecule has 0 aromatic heterocycles. The van der Waals surface area contributed by atoms with Crippen LogP contribution in [0.15, 0.2) is 41.3 Å². The van der Waals surface area contributed by atoms with Crippen LogP contribution < -0.4 is 51.4 Å². The summed E-state index contributed by atoms with van der Waals surface area (Å²) in [6, 6.07) is 10.8. The van der Waals surface area contributed by atoms with Crippen LogP contribution >= 0.6 is 0 Å². The van der Waals surface area contributed by atoms with Gasteiger partial charge in [-0.05, 0) is 41.2 Å². The van der Waals surface area contributed by atoms with E-state index in [0.29, 0.717) is 12.0 Å². The van der Waals surface area contributed by atoms with E-state index in [0.717, 1.165) is 36.0 Å². The largest absolute Gasteiger partial charge is 1.00 e. The van der Waals surface area contributed by atoms with Gasteiger partial charge in [-0.3, -0.25) is 0 Å². The molecule has 24 heavy (non-hydrogen) atoms. The molecule has 0 saturated heterocycles. The van der Waals surface area contributed by atoms with Crippen LogP contribution in [0.1, 0.15) is 51.5 Å². The molecule has 0 amide bonds. The fourth-order valence-electron chi connectivity index (χ4n) is 3.02. The fourth-order valence-corrected chi connectivity index (χ4v) is 3.76. The molecule has 2 rings (SSSR count). The van der Waals surface area contributed by atoms with E-state index in [1.807, 2.05) is 24.3 Å². The molecule has 5 heteroatoms. The topological polar surface area (TPSA) is 57.2 Å². The van der Waals surface area contributed by atoms with E-state index in [1.54, 1.807) is 6.07 Å². The zero-order valence-electron chi connectivity index (χ0n) is 14.9. The van der Waals surface area contributed by atoms with Crippen molar-refractivity contribution in [1.82, 2.24) is 0 Å². The monoisotopic (exact) mass is 372 g/mol. The third-order valence-corrected chi connectivity index (χ3v) is 5.15. The Morgan fingerprint density at radius 1 is 0.958 bits per heavy atom. The van der Waals surface area contributed by atoms with Gasteiger partial charge < -0.3 is 4.55 Å². The number of hydrogen-bond acceptors (Lipinski definition) is 3. The van der Waals surface area contributed by atoms with Gasteiger partial charge in [-0.2, -0.15) is 0 Å². The Labute approximate surface area is 188 Å². The molecule has 0 radical (unpaired) electrons. The van der Waals surface area contributed by atoms with Gasteiger partial charge in [0.1, 0.15) is 10.1 Å². The zero-order chi connectivity index (χ0) is 16.9. The molecule has 0 N–H and O–H groups in total. The van der Waals surface area contributed by atoms with Crippen molar-refractivity contribution in [3.05, 3.63) is 42.0 Å². The molecule has 126 valence electrons. The van der Waals surface area contributed by atoms with Crippen LogP contribution in [0.25, 0.3) is 10.8 Å². The van der Waals surface area contributed by atoms with Crippen molar-refractivity contribution < 1.29 is 64.4 Å². The van der Waals surface area contributed by atoms with Crippen LogP contribution in [0, 0.1) is 5.92 Å². The summed E-state index contributed by atoms with van der Waals surface area (Å²) in [6.07, 6.45) is 6.21. The van der Waals surface area contributed by atoms with Crippen molar-refractivity contribution in [2.75, 3.05) is 0 Å². The summed E-state index contributed by atoms with van der Waals surface area (Å²) in [7, 11) is -4.43. The Morgan fingerprint density at radius 3 is 2.29 bits per heavy atom. The molecular formula is C19H25KO3S. The van der Waals surface area contributed by atoms with Gasteiger partial charge in [0.25, 0.3) is 0 Å². The molecule has 0 heterocycles. The van der Waals surface area contributed by atoms with E-state index in [1.165, 1.54) is 18.9 Å². The van der Waals surface area contributed by atoms with E-state index in [2.05, 4.69) is 13.8 Å². The minimum atomic E-state index is -4.43. The fraction of sp³-hybridized carbons (Fsp3) is 0.474. The molecule has 2 aromatic rings. The Hall–Kier alpha value is 0.246. The Bertz CT molecular complexity index is 754. The summed E-state index contributed by atoms with van der Waals surface area (Å²) in [5, 5.41) is 1.86. The molecule has 0 aliphatic rings. The number of hydrogen-bond donors (Lipinski definition) is 0. The Morgan fingerprint density at radius 2 is 1.62 bits per heavy atom. The van der Waals surface area contributed by atoms with Gasteiger partial charge >= 0.3 is 51.4 Å². The molecule has 0 atom stereocenters. The van der Waals surface area contributed by atoms with E-state index < -0.39 is 10.1 Å². The number of fused-ring (bicyclic) bond motifs is 1. The normalized spacial score (nSPS) is 11.7. The second kappa shape index (κ2) is 10.4. The second-order valence-corrected chi connectivity index (χ2v) is 7.91. The van der Waals surface area contributed by atoms with Crippen molar-refractivity contribution in [3.63, 3.8) is 0 Å². The first-order valence-electron chi connectivity index (χ1n) is 8.36. The summed E-state index contributed by atoms with van der Waals surface area (Å²) in [5.74, 6) is 0.727. The van der Waals surface area contributed by atoms with E-state index in [9.17, 15) is 13.0 Å². The summed E-state index contributed by atoms with van der Waals surface area (Å²) in [4.78, 5) is -0.0571. The van der Waals surface area contributed by atoms with Gasteiger partial charge in [-0.25, -0.2) is 8.42 Å². The van der Waals surface area contributed by atoms with E-state index >= 15 is 0 Å². The van der Waals surface area contributed by atoms with Crippen LogP contribution in [0.4, 0.5) is 0 Å². The average Bonchev–Trinajstić information content (AvgIpc) is 2.49. The van der Waals surface area contributed by atoms with Crippen LogP contribution in [0.3, 0.4) is 0 Å². The second-order valence-electron chi connectivity index (χ2n) is 6.56. The smallest absolute Gasteiger partial charge is 0.744 e. The molecule has 0 saturated carbocycles. The van der Waals surface area contributed by atoms with Gasteiger partial charge in [-0.1, -0.05) is 69.9 Å². The first kappa shape index (κ1) is 22.3. The third-order valence-electron chi connectivity index (χ3n) is 4.23. The SMILES string of the molecule is CC(C)CCCCCCc1c(S(=O)(=O)[O-])ccc2ccccc12.[K+]. The minimum Gasteiger partial charge on any atom is -0.744 e. The van der Waals surface area contributed by atoms with Crippen molar-refractivity contribution in [1.29, 1.82) is 0 Å². The molecule has 2 aromatic carbocycles. The number of aryl methyl sites for hydroxylation is 1. The first-order chi connectivity index (χ1) is 10.9. The van der Waals surface area contributed by atoms with Gasteiger partial charge in [0.2, 0.25) is 0 Å². The van der Waals surface area contributed by atoms with Crippen LogP contribution in [0.2, 0.25) is 0 Å². The maximum absolute atomic E-state index is 11.6. The molecule has 0 aliphatic carbocycles. The molecule has 0 aliphatic heterocycles. The predicted molar refractivity (Wildman–Crippen MR) is 93.5 cm³/mol. The zero-order valence-corrected chi connectivity index (χ0v) is 18.9. The summed E-state index contributed by atoms with van der Waals surface area (Å²) in [6.45, 7) is 4.45. The van der Waals surface area contributed by atoms with E-state index in [-0.39, 0.29) is 56.3 Å². The standard InChI is InChI=1S/C19H26O3S.K/c1-15(2)9-5-3-4-6-12-18-17-11-8-7-10-16(17)13-14-19(18)23(20,21)22;/h7-8,10-11,13-15H,3-6,9,12H2,1-2H3,(H,20,21,22);/q;+1/p-1. The van der Waals surface area contributed by atoms with Crippen LogP contribution in [-0.2, 0) is 16.5 Å². The average molecular weight is 373 g/mol. The summed E-state index contributed by atoms with van der Waals surface area (Å²) < 4.78 is 34.7. The molecule has 0 bridgehead atoms. The van der Waals surface area contributed by atoms with Gasteiger partial charge in [-0.15, -0.1) is 0 Å². The number of unbranched alkanes of at least 4 members (excludes halogenated alkanes) is 3. The molecule has 0 fully saturated rings. The quantitative estimate of drug-likeness (QED) is 0.404. The third kappa shape index (κ3) is 6.52. The van der Waals surface area contributed by atoms with Gasteiger partial charge in [0, 0.05) is 0 Å². The van der Waals surface area contributed by atoms with Crippen molar-refractivity contribution >= 4 is 20.9 Å². The van der Waals surface area contributed by atoms with Crippen molar-refractivity contribution in [2.45, 2.75) is 57.3 Å². The Balaban J connectivity index is 0.00000288. The maximum atomic E-state index is 11.6. The predicted octanol–water partition coefficient (Wildman–Crippen LogP) is 1.90. The van der Waals surface area contributed by atoms with E-state index in [4.69, 9.17) is 0 Å². The number of benzene rings is 2. The van der Waals surface area contributed by atoms with Crippen LogP contribution in [-0.4, -0.2) is 13.0 Å². The molecule has 3 nitrogen and oxygen atoms in total. The van der Waals surface area contributed by atoms with Crippen molar-refractivity contribution in [2.24, 2.45) is 5.92 Å². The summed E-state index contributed by atoms with van der Waals surface area (Å²) >= 11 is 0. The first-order valence-corrected chi connectivity index (χ1v) is 9.77. The molecule has 0 spiro atoms. The van der Waals surface area contributed by atoms with Gasteiger partial charge in [0.15, 0.2) is 0 Å². The minimum absolute atomic E-state index is 0. The number of rotatable bonds is 8.